The van der Waals surface area contributed by atoms with E-state index in [2.05, 4.69) is 0 Å². The molecule has 0 aliphatic carbocycles. The Hall–Kier alpha value is -2.76. The molecule has 1 amide bonds. The Labute approximate surface area is 147 Å². The maximum atomic E-state index is 12.8. The van der Waals surface area contributed by atoms with E-state index in [9.17, 15) is 9.59 Å². The van der Waals surface area contributed by atoms with Crippen LogP contribution in [0.15, 0.2) is 35.0 Å². The van der Waals surface area contributed by atoms with Gasteiger partial charge in [0.2, 0.25) is 0 Å². The lowest BCUT2D eigenvalue weighted by Gasteiger charge is -2.22. The number of carbonyl (C=O) groups excluding carboxylic acids is 2. The molecule has 6 nitrogen and oxygen atoms in total. The smallest absolute Gasteiger partial charge is 0.340 e. The van der Waals surface area contributed by atoms with E-state index in [0.717, 1.165) is 5.56 Å². The molecule has 1 aliphatic heterocycles. The third kappa shape index (κ3) is 3.38. The number of ether oxygens (including phenoxy) is 3. The number of amides is 1. The van der Waals surface area contributed by atoms with Crippen LogP contribution in [0.1, 0.15) is 26.3 Å². The lowest BCUT2D eigenvalue weighted by atomic mass is 10.0. The van der Waals surface area contributed by atoms with Crippen LogP contribution in [0.3, 0.4) is 0 Å². The lowest BCUT2D eigenvalue weighted by molar-refractivity contribution is -0.136. The molecule has 1 aromatic rings. The van der Waals surface area contributed by atoms with Crippen molar-refractivity contribution in [3.63, 3.8) is 0 Å². The Bertz CT molecular complexity index is 761. The number of esters is 1. The molecule has 25 heavy (non-hydrogen) atoms. The van der Waals surface area contributed by atoms with Gasteiger partial charge in [0, 0.05) is 11.7 Å². The highest BCUT2D eigenvalue weighted by atomic mass is 16.5. The lowest BCUT2D eigenvalue weighted by Crippen LogP contribution is -2.31. The molecule has 0 fully saturated rings. The predicted molar refractivity (Wildman–Crippen MR) is 94.2 cm³/mol. The van der Waals surface area contributed by atoms with Gasteiger partial charge in [-0.25, -0.2) is 4.79 Å². The molecule has 0 bridgehead atoms. The van der Waals surface area contributed by atoms with E-state index in [4.69, 9.17) is 14.2 Å². The van der Waals surface area contributed by atoms with Gasteiger partial charge in [-0.1, -0.05) is 6.07 Å². The molecule has 0 unspecified atom stereocenters. The van der Waals surface area contributed by atoms with Gasteiger partial charge >= 0.3 is 5.97 Å². The molecule has 0 N–H and O–H groups in total. The van der Waals surface area contributed by atoms with Gasteiger partial charge < -0.3 is 19.1 Å². The number of methoxy groups -OCH3 is 3. The quantitative estimate of drug-likeness (QED) is 0.606. The van der Waals surface area contributed by atoms with Crippen molar-refractivity contribution in [1.82, 2.24) is 4.90 Å². The van der Waals surface area contributed by atoms with Crippen LogP contribution in [0.2, 0.25) is 0 Å². The van der Waals surface area contributed by atoms with Crippen molar-refractivity contribution >= 4 is 18.0 Å². The zero-order chi connectivity index (χ0) is 18.7. The van der Waals surface area contributed by atoms with Gasteiger partial charge in [0.05, 0.1) is 32.5 Å². The fourth-order valence-corrected chi connectivity index (χ4v) is 2.93. The Kier molecular flexibility index (Phi) is 5.51. The minimum atomic E-state index is -0.527. The van der Waals surface area contributed by atoms with Gasteiger partial charge in [-0.15, -0.1) is 0 Å². The van der Waals surface area contributed by atoms with Crippen molar-refractivity contribution in [1.29, 1.82) is 0 Å². The van der Waals surface area contributed by atoms with Crippen molar-refractivity contribution in [3.05, 3.63) is 40.6 Å². The van der Waals surface area contributed by atoms with Crippen molar-refractivity contribution < 1.29 is 23.8 Å². The van der Waals surface area contributed by atoms with Gasteiger partial charge in [0.25, 0.3) is 5.91 Å². The highest BCUT2D eigenvalue weighted by molar-refractivity contribution is 6.16. The third-order valence-corrected chi connectivity index (χ3v) is 4.07. The molecule has 2 rings (SSSR count). The molecule has 134 valence electrons. The number of rotatable bonds is 5. The van der Waals surface area contributed by atoms with Crippen LogP contribution in [-0.4, -0.2) is 44.1 Å². The number of carbonyl (C=O) groups is 2. The standard InChI is InChI=1S/C19H23NO5/c1-11(2)20-12(3)17(19(22)25-6)14(18(20)21)9-13-7-8-15(23-4)16(10-13)24-5/h7-11H,1-6H3/b14-9-. The van der Waals surface area contributed by atoms with Gasteiger partial charge in [-0.2, -0.15) is 0 Å². The number of nitrogens with zero attached hydrogens (tertiary/aromatic N) is 1. The molecule has 0 aromatic heterocycles. The van der Waals surface area contributed by atoms with E-state index in [1.165, 1.54) is 7.11 Å². The zero-order valence-corrected chi connectivity index (χ0v) is 15.4. The first-order chi connectivity index (χ1) is 11.8. The minimum Gasteiger partial charge on any atom is -0.493 e. The molecular formula is C19H23NO5. The molecule has 0 radical (unpaired) electrons. The summed E-state index contributed by atoms with van der Waals surface area (Å²) in [6, 6.07) is 5.23. The summed E-state index contributed by atoms with van der Waals surface area (Å²) in [5.74, 6) is 0.387. The maximum absolute atomic E-state index is 12.8. The monoisotopic (exact) mass is 345 g/mol. The second-order valence-corrected chi connectivity index (χ2v) is 5.89. The predicted octanol–water partition coefficient (Wildman–Crippen LogP) is 2.78. The Morgan fingerprint density at radius 3 is 2.28 bits per heavy atom. The number of benzene rings is 1. The molecule has 0 spiro atoms. The fourth-order valence-electron chi connectivity index (χ4n) is 2.93. The summed E-state index contributed by atoms with van der Waals surface area (Å²) in [6.07, 6.45) is 1.67. The van der Waals surface area contributed by atoms with Crippen molar-refractivity contribution in [2.45, 2.75) is 26.8 Å². The van der Waals surface area contributed by atoms with Crippen LogP contribution >= 0.6 is 0 Å². The normalized spacial score (nSPS) is 16.0. The first-order valence-electron chi connectivity index (χ1n) is 7.92. The van der Waals surface area contributed by atoms with Crippen LogP contribution in [0, 0.1) is 0 Å². The molecule has 1 aliphatic rings. The van der Waals surface area contributed by atoms with E-state index < -0.39 is 5.97 Å². The second kappa shape index (κ2) is 7.42. The highest BCUT2D eigenvalue weighted by Gasteiger charge is 2.38. The molecule has 0 saturated carbocycles. The maximum Gasteiger partial charge on any atom is 0.340 e. The molecule has 6 heteroatoms. The topological polar surface area (TPSA) is 65.1 Å². The highest BCUT2D eigenvalue weighted by Crippen LogP contribution is 2.34. The summed E-state index contributed by atoms with van der Waals surface area (Å²) in [5.41, 5.74) is 1.92. The zero-order valence-electron chi connectivity index (χ0n) is 15.4. The van der Waals surface area contributed by atoms with Crippen LogP contribution in [0.4, 0.5) is 0 Å². The van der Waals surface area contributed by atoms with Crippen molar-refractivity contribution in [3.8, 4) is 11.5 Å². The third-order valence-electron chi connectivity index (χ3n) is 4.07. The minimum absolute atomic E-state index is 0.0662. The summed E-state index contributed by atoms with van der Waals surface area (Å²) in [6.45, 7) is 5.55. The van der Waals surface area contributed by atoms with Gasteiger partial charge in [-0.3, -0.25) is 4.79 Å². The SMILES string of the molecule is COC(=O)C1=C(C)N(C(C)C)C(=O)/C1=C\c1ccc(OC)c(OC)c1. The van der Waals surface area contributed by atoms with Crippen LogP contribution < -0.4 is 9.47 Å². The van der Waals surface area contributed by atoms with Gasteiger partial charge in [-0.05, 0) is 44.5 Å². The van der Waals surface area contributed by atoms with E-state index in [0.29, 0.717) is 22.8 Å². The Morgan fingerprint density at radius 2 is 1.76 bits per heavy atom. The van der Waals surface area contributed by atoms with Crippen LogP contribution in [-0.2, 0) is 14.3 Å². The van der Waals surface area contributed by atoms with Crippen LogP contribution in [0.5, 0.6) is 11.5 Å². The molecule has 1 aromatic carbocycles. The largest absolute Gasteiger partial charge is 0.493 e. The first-order valence-corrected chi connectivity index (χ1v) is 7.92. The summed E-state index contributed by atoms with van der Waals surface area (Å²) in [4.78, 5) is 26.6. The van der Waals surface area contributed by atoms with E-state index in [1.807, 2.05) is 13.8 Å². The second-order valence-electron chi connectivity index (χ2n) is 5.89. The number of allylic oxidation sites excluding steroid dienone is 1. The Balaban J connectivity index is 2.57. The first kappa shape index (κ1) is 18.6. The van der Waals surface area contributed by atoms with Gasteiger partial charge in [0.1, 0.15) is 0 Å². The van der Waals surface area contributed by atoms with Gasteiger partial charge in [0.15, 0.2) is 11.5 Å². The average Bonchev–Trinajstić information content (AvgIpc) is 2.84. The van der Waals surface area contributed by atoms with E-state index in [1.54, 1.807) is 50.3 Å². The van der Waals surface area contributed by atoms with Crippen LogP contribution in [0.25, 0.3) is 6.08 Å². The number of hydrogen-bond donors (Lipinski definition) is 0. The molecular weight excluding hydrogens is 322 g/mol. The van der Waals surface area contributed by atoms with E-state index in [-0.39, 0.29) is 17.5 Å². The molecule has 1 heterocycles. The number of hydrogen-bond acceptors (Lipinski definition) is 5. The Morgan fingerprint density at radius 1 is 1.12 bits per heavy atom. The summed E-state index contributed by atoms with van der Waals surface area (Å²) in [5, 5.41) is 0. The van der Waals surface area contributed by atoms with E-state index >= 15 is 0 Å². The summed E-state index contributed by atoms with van der Waals surface area (Å²) < 4.78 is 15.4. The average molecular weight is 345 g/mol. The molecule has 0 saturated heterocycles. The fraction of sp³-hybridized carbons (Fsp3) is 0.368. The summed E-state index contributed by atoms with van der Waals surface area (Å²) in [7, 11) is 4.40. The molecule has 0 atom stereocenters. The van der Waals surface area contributed by atoms with Crippen molar-refractivity contribution in [2.75, 3.05) is 21.3 Å². The summed E-state index contributed by atoms with van der Waals surface area (Å²) >= 11 is 0. The van der Waals surface area contributed by atoms with Crippen molar-refractivity contribution in [2.24, 2.45) is 0 Å².